The summed E-state index contributed by atoms with van der Waals surface area (Å²) in [7, 11) is 0. The smallest absolute Gasteiger partial charge is 0.254 e. The molecule has 8 nitrogen and oxygen atoms in total. The molecule has 2 atom stereocenters. The van der Waals surface area contributed by atoms with Crippen molar-refractivity contribution in [2.24, 2.45) is 11.8 Å². The van der Waals surface area contributed by atoms with Gasteiger partial charge in [-0.2, -0.15) is 0 Å². The number of nitrogens with zero attached hydrogens (tertiary/aromatic N) is 2. The Hall–Kier alpha value is -3.03. The molecular formula is C24H30N2O6. The third-order valence-electron chi connectivity index (χ3n) is 6.21. The Morgan fingerprint density at radius 2 is 1.38 bits per heavy atom. The fraction of sp³-hybridized carbons (Fsp3) is 0.542. The number of amides is 3. The molecule has 4 rings (SSSR count). The maximum absolute atomic E-state index is 13.2. The highest BCUT2D eigenvalue weighted by Gasteiger charge is 2.52. The Morgan fingerprint density at radius 1 is 0.875 bits per heavy atom. The lowest BCUT2D eigenvalue weighted by Gasteiger charge is -2.43. The molecule has 1 aliphatic carbocycles. The third kappa shape index (κ3) is 3.82. The highest BCUT2D eigenvalue weighted by atomic mass is 16.5. The van der Waals surface area contributed by atoms with E-state index in [0.717, 1.165) is 0 Å². The van der Waals surface area contributed by atoms with E-state index in [1.54, 1.807) is 17.0 Å². The van der Waals surface area contributed by atoms with Crippen molar-refractivity contribution >= 4 is 17.7 Å². The van der Waals surface area contributed by atoms with Crippen LogP contribution in [-0.2, 0) is 9.59 Å². The number of rotatable bonds is 8. The minimum atomic E-state index is -0.259. The van der Waals surface area contributed by atoms with Gasteiger partial charge < -0.3 is 19.1 Å². The quantitative estimate of drug-likeness (QED) is 0.455. The van der Waals surface area contributed by atoms with Crippen LogP contribution in [0.3, 0.4) is 0 Å². The van der Waals surface area contributed by atoms with Gasteiger partial charge in [0, 0.05) is 18.7 Å². The molecule has 3 amide bonds. The summed E-state index contributed by atoms with van der Waals surface area (Å²) in [6, 6.07) is 3.07. The van der Waals surface area contributed by atoms with E-state index in [-0.39, 0.29) is 35.6 Å². The van der Waals surface area contributed by atoms with Crippen LogP contribution in [0.4, 0.5) is 0 Å². The van der Waals surface area contributed by atoms with E-state index in [4.69, 9.17) is 14.2 Å². The number of hydrogen-bond acceptors (Lipinski definition) is 6. The number of hydrogen-bond donors (Lipinski definition) is 0. The van der Waals surface area contributed by atoms with Crippen LogP contribution in [0, 0.1) is 11.8 Å². The Morgan fingerprint density at radius 3 is 1.84 bits per heavy atom. The summed E-state index contributed by atoms with van der Waals surface area (Å²) in [6.45, 7) is 7.56. The fourth-order valence-electron chi connectivity index (χ4n) is 4.67. The van der Waals surface area contributed by atoms with Gasteiger partial charge in [-0.1, -0.05) is 12.2 Å². The molecular weight excluding hydrogens is 412 g/mol. The van der Waals surface area contributed by atoms with Gasteiger partial charge in [0.25, 0.3) is 5.91 Å². The summed E-state index contributed by atoms with van der Waals surface area (Å²) in [5.74, 6) is 0.531. The number of carbonyl (C=O) groups excluding carboxylic acids is 3. The van der Waals surface area contributed by atoms with Crippen LogP contribution in [0.5, 0.6) is 17.2 Å². The van der Waals surface area contributed by atoms with Gasteiger partial charge in [-0.05, 0) is 45.7 Å². The highest BCUT2D eigenvalue weighted by Crippen LogP contribution is 2.41. The first-order valence-electron chi connectivity index (χ1n) is 11.4. The van der Waals surface area contributed by atoms with E-state index >= 15 is 0 Å². The Balaban J connectivity index is 1.49. The van der Waals surface area contributed by atoms with Crippen molar-refractivity contribution < 1.29 is 28.6 Å². The summed E-state index contributed by atoms with van der Waals surface area (Å²) in [5, 5.41) is 0. The van der Waals surface area contributed by atoms with Crippen molar-refractivity contribution in [3.63, 3.8) is 0 Å². The van der Waals surface area contributed by atoms with Gasteiger partial charge in [0.05, 0.1) is 37.7 Å². The summed E-state index contributed by atoms with van der Waals surface area (Å²) in [5.41, 5.74) is 0.427. The molecule has 0 bridgehead atoms. The zero-order valence-electron chi connectivity index (χ0n) is 18.8. The molecule has 32 heavy (non-hydrogen) atoms. The number of imide groups is 1. The van der Waals surface area contributed by atoms with E-state index < -0.39 is 0 Å². The molecule has 3 aliphatic rings. The molecule has 2 unspecified atom stereocenters. The first-order chi connectivity index (χ1) is 15.5. The minimum absolute atomic E-state index is 0.0974. The first-order valence-corrected chi connectivity index (χ1v) is 11.4. The summed E-state index contributed by atoms with van der Waals surface area (Å²) in [6.07, 6.45) is 5.19. The van der Waals surface area contributed by atoms with Crippen LogP contribution in [0.25, 0.3) is 0 Å². The van der Waals surface area contributed by atoms with Crippen molar-refractivity contribution in [1.82, 2.24) is 9.80 Å². The topological polar surface area (TPSA) is 85.4 Å². The zero-order valence-corrected chi connectivity index (χ0v) is 18.8. The molecule has 2 saturated heterocycles. The molecule has 8 heteroatoms. The van der Waals surface area contributed by atoms with Gasteiger partial charge in [0.1, 0.15) is 0 Å². The molecule has 172 valence electrons. The van der Waals surface area contributed by atoms with Crippen LogP contribution in [-0.4, -0.2) is 66.5 Å². The van der Waals surface area contributed by atoms with E-state index in [1.807, 2.05) is 32.9 Å². The maximum Gasteiger partial charge on any atom is 0.254 e. The predicted molar refractivity (Wildman–Crippen MR) is 117 cm³/mol. The normalized spacial score (nSPS) is 22.6. The molecule has 2 aliphatic heterocycles. The van der Waals surface area contributed by atoms with Gasteiger partial charge in [-0.25, -0.2) is 0 Å². The number of ether oxygens (including phenoxy) is 3. The van der Waals surface area contributed by atoms with Gasteiger partial charge >= 0.3 is 0 Å². The minimum Gasteiger partial charge on any atom is -0.490 e. The third-order valence-corrected chi connectivity index (χ3v) is 6.21. The monoisotopic (exact) mass is 442 g/mol. The molecule has 0 aromatic heterocycles. The average Bonchev–Trinajstić information content (AvgIpc) is 3.00. The zero-order chi connectivity index (χ0) is 22.8. The number of fused-ring (bicyclic) bond motifs is 1. The van der Waals surface area contributed by atoms with E-state index in [1.165, 1.54) is 4.90 Å². The number of likely N-dealkylation sites (tertiary alicyclic amines) is 2. The lowest BCUT2D eigenvalue weighted by atomic mass is 9.85. The van der Waals surface area contributed by atoms with Crippen LogP contribution in [0.15, 0.2) is 24.3 Å². The van der Waals surface area contributed by atoms with Crippen molar-refractivity contribution in [2.45, 2.75) is 39.7 Å². The van der Waals surface area contributed by atoms with E-state index in [9.17, 15) is 14.4 Å². The molecule has 0 radical (unpaired) electrons. The largest absolute Gasteiger partial charge is 0.490 e. The van der Waals surface area contributed by atoms with Crippen LogP contribution >= 0.6 is 0 Å². The van der Waals surface area contributed by atoms with Gasteiger partial charge in [0.15, 0.2) is 11.5 Å². The number of carbonyl (C=O) groups is 3. The van der Waals surface area contributed by atoms with E-state index in [0.29, 0.717) is 68.6 Å². The summed E-state index contributed by atoms with van der Waals surface area (Å²) >= 11 is 0. The molecule has 2 heterocycles. The average molecular weight is 443 g/mol. The predicted octanol–water partition coefficient (Wildman–Crippen LogP) is 2.66. The van der Waals surface area contributed by atoms with Crippen molar-refractivity contribution in [3.05, 3.63) is 29.8 Å². The summed E-state index contributed by atoms with van der Waals surface area (Å²) in [4.78, 5) is 41.8. The molecule has 0 saturated carbocycles. The second-order valence-corrected chi connectivity index (χ2v) is 8.17. The second kappa shape index (κ2) is 9.22. The van der Waals surface area contributed by atoms with Crippen molar-refractivity contribution in [2.75, 3.05) is 32.9 Å². The number of allylic oxidation sites excluding steroid dienone is 2. The SMILES string of the molecule is CCOc1cc(C(=O)N2CC(N3C(=O)C4CC=CCC4C3=O)C2)cc(OCC)c1OCC. The van der Waals surface area contributed by atoms with E-state index in [2.05, 4.69) is 0 Å². The first kappa shape index (κ1) is 22.2. The Labute approximate surface area is 188 Å². The fourth-order valence-corrected chi connectivity index (χ4v) is 4.67. The summed E-state index contributed by atoms with van der Waals surface area (Å²) < 4.78 is 17.1. The molecule has 0 spiro atoms. The molecule has 1 aromatic carbocycles. The van der Waals surface area contributed by atoms with Crippen molar-refractivity contribution in [3.8, 4) is 17.2 Å². The number of benzene rings is 1. The Bertz CT molecular complexity index is 883. The molecule has 0 N–H and O–H groups in total. The lowest BCUT2D eigenvalue weighted by Crippen LogP contribution is -2.62. The van der Waals surface area contributed by atoms with Gasteiger partial charge in [-0.15, -0.1) is 0 Å². The second-order valence-electron chi connectivity index (χ2n) is 8.17. The van der Waals surface area contributed by atoms with Crippen LogP contribution < -0.4 is 14.2 Å². The van der Waals surface area contributed by atoms with Gasteiger partial charge in [-0.3, -0.25) is 19.3 Å². The standard InChI is InChI=1S/C24H30N2O6/c1-4-30-19-11-15(12-20(31-5-2)21(19)32-6-3)22(27)25-13-16(14-25)26-23(28)17-9-7-8-10-18(17)24(26)29/h7-8,11-12,16-18H,4-6,9-10,13-14H2,1-3H3. The van der Waals surface area contributed by atoms with Gasteiger partial charge in [0.2, 0.25) is 17.6 Å². The maximum atomic E-state index is 13.2. The van der Waals surface area contributed by atoms with Crippen LogP contribution in [0.2, 0.25) is 0 Å². The lowest BCUT2D eigenvalue weighted by molar-refractivity contribution is -0.145. The van der Waals surface area contributed by atoms with Crippen molar-refractivity contribution in [1.29, 1.82) is 0 Å². The van der Waals surface area contributed by atoms with Crippen LogP contribution in [0.1, 0.15) is 44.0 Å². The molecule has 1 aromatic rings. The molecule has 2 fully saturated rings. The Kier molecular flexibility index (Phi) is 6.39. The highest BCUT2D eigenvalue weighted by molar-refractivity contribution is 6.06.